The largest absolute Gasteiger partial charge is 0.489 e. The van der Waals surface area contributed by atoms with E-state index in [4.69, 9.17) is 14.2 Å². The summed E-state index contributed by atoms with van der Waals surface area (Å²) in [7, 11) is 0. The highest BCUT2D eigenvalue weighted by Gasteiger charge is 2.76. The minimum Gasteiger partial charge on any atom is -0.489 e. The van der Waals surface area contributed by atoms with Crippen LogP contribution in [0.1, 0.15) is 60.1 Å². The third-order valence-corrected chi connectivity index (χ3v) is 24.3. The minimum absolute atomic E-state index is 0.00857. The third kappa shape index (κ3) is 14.4. The number of fused-ring (bicyclic) bond motifs is 6. The predicted molar refractivity (Wildman–Crippen MR) is 486 cm³/mol. The van der Waals surface area contributed by atoms with E-state index in [2.05, 4.69) is 265 Å². The SMILES string of the molecule is CC(C)(c1ccc(C(C(F)(F)F)(C2(OCc3ccc(N(c4ccc5ccccc5c4)c4ccc5ccccc5c4)cc3)C=CC=CC2)C2(OCc3ccc(N(c4ccc5ccccc5c4)c4ccc5ccccc5c4)cc3)C=CC=CC2)cc1)c1ccccc1OCc1ccc(N(c2ccc3ccccc3c2)c2ccc3ccccc3c2)cc1. The van der Waals surface area contributed by atoms with Gasteiger partial charge in [0.05, 0.1) is 13.2 Å². The molecule has 6 nitrogen and oxygen atoms in total. The number of halogens is 3. The molecule has 2 unspecified atom stereocenters. The summed E-state index contributed by atoms with van der Waals surface area (Å²) in [4.78, 5) is 6.74. The average Bonchev–Trinajstić information content (AvgIpc) is 0.678. The standard InChI is InChI=1S/C110H86F3N3O3/c1-106(2,104-35-17-18-36-105(104)117-75-78-37-53-95(54-38-78)114(98-59-43-81-23-5-11-29-87(81)69-98)99-60-44-82-24-6-12-30-88(82)70-99)93-49-51-94(52-50-93)109(110(111,112)113,107(65-19-3-20-66-107)118-76-79-39-55-96(56-40-79)115(100-61-45-83-25-7-13-31-89(83)71-100)101-62-46-84-26-8-14-32-90(84)72-101)108(67-21-4-22-68-108)119-77-80-41-57-97(58-42-80)116(102-63-47-85-27-9-15-33-91(85)73-102)103-64-48-86-28-10-16-34-92(86)74-103/h3-65,67,69-74H,66,68,75-77H2,1-2H3. The van der Waals surface area contributed by atoms with E-state index in [0.717, 1.165) is 122 Å². The second kappa shape index (κ2) is 31.7. The van der Waals surface area contributed by atoms with E-state index in [1.165, 1.54) is 10.8 Å². The lowest BCUT2D eigenvalue weighted by Gasteiger charge is -2.58. The van der Waals surface area contributed by atoms with Gasteiger partial charge in [-0.2, -0.15) is 13.2 Å². The summed E-state index contributed by atoms with van der Waals surface area (Å²) < 4.78 is 78.0. The van der Waals surface area contributed by atoms with Gasteiger partial charge in [-0.05, 0) is 221 Å². The Morgan fingerprint density at radius 3 is 0.840 bits per heavy atom. The molecule has 0 amide bonds. The number of alkyl halides is 3. The Balaban J connectivity index is 0.672. The monoisotopic (exact) mass is 1550 g/mol. The van der Waals surface area contributed by atoms with Crippen LogP contribution in [0.3, 0.4) is 0 Å². The fourth-order valence-electron chi connectivity index (χ4n) is 18.1. The number of hydrogen-bond donors (Lipinski definition) is 0. The molecule has 580 valence electrons. The number of ether oxygens (including phenoxy) is 3. The number of rotatable bonds is 23. The topological polar surface area (TPSA) is 37.4 Å². The van der Waals surface area contributed by atoms with Crippen LogP contribution in [0.15, 0.2) is 425 Å². The number of benzene rings is 17. The van der Waals surface area contributed by atoms with Gasteiger partial charge in [0.25, 0.3) is 0 Å². The van der Waals surface area contributed by atoms with E-state index in [1.807, 2.05) is 140 Å². The summed E-state index contributed by atoms with van der Waals surface area (Å²) in [5, 5.41) is 13.5. The highest BCUT2D eigenvalue weighted by atomic mass is 19.4. The maximum absolute atomic E-state index is 18.8. The molecule has 119 heavy (non-hydrogen) atoms. The molecule has 0 fully saturated rings. The zero-order valence-electron chi connectivity index (χ0n) is 66.2. The molecule has 19 rings (SSSR count). The zero-order chi connectivity index (χ0) is 80.6. The first-order valence-electron chi connectivity index (χ1n) is 40.7. The molecule has 0 spiro atoms. The Morgan fingerprint density at radius 1 is 0.277 bits per heavy atom. The maximum Gasteiger partial charge on any atom is 0.404 e. The van der Waals surface area contributed by atoms with Gasteiger partial charge in [-0.25, -0.2) is 0 Å². The number of allylic oxidation sites excluding steroid dienone is 4. The minimum atomic E-state index is -5.06. The second-order valence-corrected chi connectivity index (χ2v) is 31.8. The lowest BCUT2D eigenvalue weighted by molar-refractivity contribution is -0.300. The molecule has 0 aromatic heterocycles. The molecule has 0 N–H and O–H groups in total. The maximum atomic E-state index is 18.8. The first kappa shape index (κ1) is 75.2. The molecule has 0 saturated heterocycles. The van der Waals surface area contributed by atoms with Gasteiger partial charge in [-0.1, -0.05) is 323 Å². The molecule has 0 heterocycles. The second-order valence-electron chi connectivity index (χ2n) is 31.8. The predicted octanol–water partition coefficient (Wildman–Crippen LogP) is 29.7. The van der Waals surface area contributed by atoms with Crippen molar-refractivity contribution in [1.29, 1.82) is 0 Å². The normalized spacial score (nSPS) is 15.9. The number of para-hydroxylation sites is 1. The summed E-state index contributed by atoms with van der Waals surface area (Å²) in [6.07, 6.45) is 8.59. The summed E-state index contributed by atoms with van der Waals surface area (Å²) in [6.45, 7) is 4.12. The van der Waals surface area contributed by atoms with Crippen molar-refractivity contribution in [2.45, 2.75) is 74.7 Å². The van der Waals surface area contributed by atoms with Crippen LogP contribution in [0.2, 0.25) is 0 Å². The van der Waals surface area contributed by atoms with Crippen molar-refractivity contribution >= 4 is 116 Å². The Bertz CT molecular complexity index is 6270. The fourth-order valence-corrected chi connectivity index (χ4v) is 18.1. The number of nitrogens with zero attached hydrogens (tertiary/aromatic N) is 3. The molecule has 17 aromatic rings. The van der Waals surface area contributed by atoms with E-state index >= 15 is 13.2 Å². The zero-order valence-corrected chi connectivity index (χ0v) is 66.2. The Labute approximate surface area is 692 Å². The number of anilines is 9. The van der Waals surface area contributed by atoms with Gasteiger partial charge in [-0.15, -0.1) is 0 Å². The van der Waals surface area contributed by atoms with Gasteiger partial charge in [-0.3, -0.25) is 0 Å². The van der Waals surface area contributed by atoms with Crippen LogP contribution in [-0.4, -0.2) is 17.4 Å². The van der Waals surface area contributed by atoms with Crippen LogP contribution in [-0.2, 0) is 40.1 Å². The smallest absolute Gasteiger partial charge is 0.404 e. The molecule has 2 aliphatic carbocycles. The van der Waals surface area contributed by atoms with E-state index in [1.54, 1.807) is 48.6 Å². The summed E-state index contributed by atoms with van der Waals surface area (Å²) >= 11 is 0. The van der Waals surface area contributed by atoms with Crippen LogP contribution in [0.5, 0.6) is 5.75 Å². The fraction of sp³-hybridized carbons (Fsp3) is 0.109. The van der Waals surface area contributed by atoms with Gasteiger partial charge in [0.2, 0.25) is 0 Å². The van der Waals surface area contributed by atoms with Crippen LogP contribution in [0.4, 0.5) is 64.4 Å². The Kier molecular flexibility index (Phi) is 20.0. The average molecular weight is 1550 g/mol. The van der Waals surface area contributed by atoms with E-state index in [0.29, 0.717) is 16.9 Å². The van der Waals surface area contributed by atoms with Crippen molar-refractivity contribution in [2.24, 2.45) is 0 Å². The highest BCUT2D eigenvalue weighted by Crippen LogP contribution is 2.63. The third-order valence-electron chi connectivity index (χ3n) is 24.3. The van der Waals surface area contributed by atoms with Crippen molar-refractivity contribution in [2.75, 3.05) is 14.7 Å². The lowest BCUT2D eigenvalue weighted by atomic mass is 9.53. The van der Waals surface area contributed by atoms with Crippen LogP contribution in [0.25, 0.3) is 64.6 Å². The molecule has 0 aliphatic heterocycles. The van der Waals surface area contributed by atoms with Crippen molar-refractivity contribution in [1.82, 2.24) is 0 Å². The summed E-state index contributed by atoms with van der Waals surface area (Å²) in [5.41, 5.74) is 4.65. The first-order chi connectivity index (χ1) is 58.2. The molecule has 9 heteroatoms. The summed E-state index contributed by atoms with van der Waals surface area (Å²) in [5.74, 6) is 0.661. The molecule has 0 bridgehead atoms. The Hall–Kier alpha value is -13.8. The van der Waals surface area contributed by atoms with Crippen molar-refractivity contribution in [3.63, 3.8) is 0 Å². The molecular weight excluding hydrogens is 1470 g/mol. The van der Waals surface area contributed by atoms with Crippen LogP contribution >= 0.6 is 0 Å². The van der Waals surface area contributed by atoms with E-state index < -0.39 is 28.2 Å². The van der Waals surface area contributed by atoms with Gasteiger partial charge < -0.3 is 28.9 Å². The highest BCUT2D eigenvalue weighted by molar-refractivity contribution is 5.96. The van der Waals surface area contributed by atoms with Gasteiger partial charge in [0.15, 0.2) is 5.41 Å². The van der Waals surface area contributed by atoms with Gasteiger partial charge in [0, 0.05) is 62.2 Å². The van der Waals surface area contributed by atoms with Crippen LogP contribution in [0, 0.1) is 0 Å². The molecule has 17 aromatic carbocycles. The molecule has 2 aliphatic rings. The quantitative estimate of drug-likeness (QED) is 0.0635. The molecular formula is C110H86F3N3O3. The van der Waals surface area contributed by atoms with Gasteiger partial charge in [0.1, 0.15) is 23.6 Å². The van der Waals surface area contributed by atoms with Gasteiger partial charge >= 0.3 is 6.18 Å². The van der Waals surface area contributed by atoms with Crippen molar-refractivity contribution in [3.8, 4) is 5.75 Å². The first-order valence-corrected chi connectivity index (χ1v) is 40.7. The molecule has 0 radical (unpaired) electrons. The van der Waals surface area contributed by atoms with E-state index in [-0.39, 0.29) is 38.2 Å². The van der Waals surface area contributed by atoms with Crippen molar-refractivity contribution in [3.05, 3.63) is 458 Å². The van der Waals surface area contributed by atoms with Crippen molar-refractivity contribution < 1.29 is 27.4 Å². The molecule has 2 atom stereocenters. The molecule has 0 saturated carbocycles. The van der Waals surface area contributed by atoms with Crippen LogP contribution < -0.4 is 19.4 Å². The van der Waals surface area contributed by atoms with E-state index in [9.17, 15) is 0 Å². The lowest BCUT2D eigenvalue weighted by Crippen LogP contribution is -2.72. The number of hydrogen-bond acceptors (Lipinski definition) is 6. The Morgan fingerprint density at radius 2 is 0.546 bits per heavy atom. The summed E-state index contributed by atoms with van der Waals surface area (Å²) in [6, 6.07) is 129.